The molecule has 0 bridgehead atoms. The molecule has 0 unspecified atom stereocenters. The molecule has 19 nitrogen and oxygen atoms in total. The highest BCUT2D eigenvalue weighted by atomic mass is 16.4. The van der Waals surface area contributed by atoms with Crippen molar-refractivity contribution in [2.75, 3.05) is 13.2 Å². The summed E-state index contributed by atoms with van der Waals surface area (Å²) in [5, 5.41) is 52.4. The zero-order valence-corrected chi connectivity index (χ0v) is 30.6. The molecule has 0 rings (SSSR count). The number of carboxylic acid groups (broad SMARTS) is 2. The largest absolute Gasteiger partial charge is 0.481 e. The van der Waals surface area contributed by atoms with Gasteiger partial charge in [-0.15, -0.1) is 0 Å². The Balaban J connectivity index is 6.04. The van der Waals surface area contributed by atoms with Crippen LogP contribution in [0.25, 0.3) is 0 Å². The molecular weight excluding hydrogens is 674 g/mol. The highest BCUT2D eigenvalue weighted by Gasteiger charge is 2.37. The minimum Gasteiger partial charge on any atom is -0.481 e. The van der Waals surface area contributed by atoms with Crippen molar-refractivity contribution in [3.8, 4) is 0 Å². The molecule has 0 saturated carbocycles. The fourth-order valence-corrected chi connectivity index (χ4v) is 4.47. The summed E-state index contributed by atoms with van der Waals surface area (Å²) in [6.07, 6.45) is -0.0692. The lowest BCUT2D eigenvalue weighted by Crippen LogP contribution is -2.62. The number of aliphatic carboxylic acids is 2. The van der Waals surface area contributed by atoms with Crippen molar-refractivity contribution in [1.82, 2.24) is 31.9 Å². The molecule has 0 aliphatic heterocycles. The first-order chi connectivity index (χ1) is 23.6. The van der Waals surface area contributed by atoms with E-state index >= 15 is 0 Å². The minimum atomic E-state index is -1.78. The van der Waals surface area contributed by atoms with Crippen LogP contribution in [0.4, 0.5) is 0 Å². The van der Waals surface area contributed by atoms with Crippen molar-refractivity contribution in [1.29, 1.82) is 0 Å². The molecule has 292 valence electrons. The Hall–Kier alpha value is -4.36. The van der Waals surface area contributed by atoms with E-state index in [1.165, 1.54) is 13.8 Å². The summed E-state index contributed by atoms with van der Waals surface area (Å²) in [5.41, 5.74) is 4.21. The smallest absolute Gasteiger partial charge is 0.328 e. The van der Waals surface area contributed by atoms with Crippen LogP contribution in [0.3, 0.4) is 0 Å². The molecule has 0 fully saturated rings. The Morgan fingerprint density at radius 2 is 1.02 bits per heavy atom. The van der Waals surface area contributed by atoms with Crippen LogP contribution in [0.1, 0.15) is 81.1 Å². The third-order valence-electron chi connectivity index (χ3n) is 8.31. The monoisotopic (exact) mass is 731 g/mol. The second kappa shape index (κ2) is 21.8. The highest BCUT2D eigenvalue weighted by Crippen LogP contribution is 2.12. The van der Waals surface area contributed by atoms with Gasteiger partial charge in [-0.25, -0.2) is 4.79 Å². The van der Waals surface area contributed by atoms with Crippen LogP contribution in [0.15, 0.2) is 0 Å². The summed E-state index contributed by atoms with van der Waals surface area (Å²) < 4.78 is 0. The number of carbonyl (C=O) groups is 8. The van der Waals surface area contributed by atoms with Crippen molar-refractivity contribution < 1.29 is 58.8 Å². The number of nitrogens with two attached hydrogens (primary N) is 1. The van der Waals surface area contributed by atoms with Gasteiger partial charge in [0.25, 0.3) is 0 Å². The lowest BCUT2D eigenvalue weighted by Gasteiger charge is -2.30. The van der Waals surface area contributed by atoms with Gasteiger partial charge in [-0.2, -0.15) is 0 Å². The highest BCUT2D eigenvalue weighted by molar-refractivity contribution is 5.98. The number of aliphatic hydroxyl groups excluding tert-OH is 2. The van der Waals surface area contributed by atoms with E-state index in [-0.39, 0.29) is 18.3 Å². The van der Waals surface area contributed by atoms with Crippen LogP contribution in [-0.2, 0) is 38.4 Å². The molecule has 8 atom stereocenters. The topological polar surface area (TPSA) is 316 Å². The van der Waals surface area contributed by atoms with Crippen molar-refractivity contribution in [3.63, 3.8) is 0 Å². The van der Waals surface area contributed by atoms with Gasteiger partial charge >= 0.3 is 11.9 Å². The molecule has 0 saturated heterocycles. The first-order valence-corrected chi connectivity index (χ1v) is 16.8. The quantitative estimate of drug-likeness (QED) is 0.0511. The van der Waals surface area contributed by atoms with E-state index in [1.54, 1.807) is 41.5 Å². The van der Waals surface area contributed by atoms with Gasteiger partial charge in [0.15, 0.2) is 0 Å². The molecule has 0 aromatic rings. The Morgan fingerprint density at radius 3 is 1.45 bits per heavy atom. The van der Waals surface area contributed by atoms with Crippen LogP contribution >= 0.6 is 0 Å². The predicted molar refractivity (Wildman–Crippen MR) is 182 cm³/mol. The van der Waals surface area contributed by atoms with Gasteiger partial charge in [0.1, 0.15) is 35.7 Å². The maximum atomic E-state index is 13.4. The third-order valence-corrected chi connectivity index (χ3v) is 8.31. The fourth-order valence-electron chi connectivity index (χ4n) is 4.47. The Labute approximate surface area is 297 Å². The minimum absolute atomic E-state index is 0.0456. The van der Waals surface area contributed by atoms with Gasteiger partial charge in [0.2, 0.25) is 35.4 Å². The summed E-state index contributed by atoms with van der Waals surface area (Å²) in [5.74, 6) is -9.60. The summed E-state index contributed by atoms with van der Waals surface area (Å²) in [4.78, 5) is 101. The van der Waals surface area contributed by atoms with Crippen LogP contribution < -0.4 is 37.6 Å². The maximum Gasteiger partial charge on any atom is 0.328 e. The molecule has 0 heterocycles. The zero-order chi connectivity index (χ0) is 39.8. The van der Waals surface area contributed by atoms with Gasteiger partial charge in [-0.05, 0) is 38.0 Å². The van der Waals surface area contributed by atoms with E-state index in [0.29, 0.717) is 12.8 Å². The van der Waals surface area contributed by atoms with E-state index in [4.69, 9.17) is 5.73 Å². The molecule has 51 heavy (non-hydrogen) atoms. The lowest BCUT2D eigenvalue weighted by molar-refractivity contribution is -0.146. The Kier molecular flexibility index (Phi) is 19.9. The van der Waals surface area contributed by atoms with E-state index in [0.717, 1.165) is 0 Å². The standard InChI is InChI=1S/C32H57N7O12/c1-9-16(5)23(33)29(48)37-20(13-40)27(46)35-19(12-22(42)43)26(45)34-18(11-15(3)4)25(44)36-21(14-41)28(47)38-24(17(6)10-2)30(49)39-32(7,8)31(50)51/h15-21,23-24,40-41H,9-14,33H2,1-8H3,(H,34,45)(H,35,46)(H,36,44)(H,37,48)(H,38,47)(H,39,49)(H,42,43)(H,50,51)/t16-,17-,18-,19-,20-,21-,23-,24-/m0/s1. The number of rotatable bonds is 23. The zero-order valence-electron chi connectivity index (χ0n) is 30.6. The Bertz CT molecular complexity index is 1240. The van der Waals surface area contributed by atoms with E-state index in [2.05, 4.69) is 31.9 Å². The summed E-state index contributed by atoms with van der Waals surface area (Å²) in [7, 11) is 0. The molecule has 19 heteroatoms. The van der Waals surface area contributed by atoms with E-state index in [1.807, 2.05) is 0 Å². The molecule has 0 aliphatic carbocycles. The molecule has 0 aromatic heterocycles. The second-order valence-electron chi connectivity index (χ2n) is 13.5. The number of carbonyl (C=O) groups excluding carboxylic acids is 6. The molecule has 0 radical (unpaired) electrons. The first-order valence-electron chi connectivity index (χ1n) is 16.8. The Morgan fingerprint density at radius 1 is 0.608 bits per heavy atom. The van der Waals surface area contributed by atoms with Crippen molar-refractivity contribution in [2.45, 2.75) is 123 Å². The van der Waals surface area contributed by atoms with Gasteiger partial charge < -0.3 is 58.1 Å². The summed E-state index contributed by atoms with van der Waals surface area (Å²) >= 11 is 0. The number of carboxylic acids is 2. The number of nitrogens with one attached hydrogen (secondary N) is 6. The van der Waals surface area contributed by atoms with Crippen LogP contribution in [0.2, 0.25) is 0 Å². The van der Waals surface area contributed by atoms with Gasteiger partial charge in [-0.3, -0.25) is 33.6 Å². The molecule has 0 aliphatic rings. The van der Waals surface area contributed by atoms with Gasteiger partial charge in [-0.1, -0.05) is 54.4 Å². The van der Waals surface area contributed by atoms with Crippen LogP contribution in [-0.4, -0.2) is 123 Å². The maximum absolute atomic E-state index is 13.4. The average Bonchev–Trinajstić information content (AvgIpc) is 3.05. The van der Waals surface area contributed by atoms with Crippen molar-refractivity contribution >= 4 is 47.4 Å². The van der Waals surface area contributed by atoms with Gasteiger partial charge in [0.05, 0.1) is 25.7 Å². The number of aliphatic hydroxyl groups is 2. The van der Waals surface area contributed by atoms with Crippen LogP contribution in [0, 0.1) is 17.8 Å². The second-order valence-corrected chi connectivity index (χ2v) is 13.5. The predicted octanol–water partition coefficient (Wildman–Crippen LogP) is -2.69. The average molecular weight is 732 g/mol. The van der Waals surface area contributed by atoms with Crippen molar-refractivity contribution in [2.24, 2.45) is 23.5 Å². The number of hydrogen-bond donors (Lipinski definition) is 11. The first kappa shape index (κ1) is 46.6. The van der Waals surface area contributed by atoms with Gasteiger partial charge in [0, 0.05) is 0 Å². The number of hydrogen-bond acceptors (Lipinski definition) is 11. The molecule has 6 amide bonds. The van der Waals surface area contributed by atoms with E-state index in [9.17, 15) is 58.8 Å². The lowest BCUT2D eigenvalue weighted by atomic mass is 9.96. The van der Waals surface area contributed by atoms with Crippen molar-refractivity contribution in [3.05, 3.63) is 0 Å². The molecule has 12 N–H and O–H groups in total. The summed E-state index contributed by atoms with van der Waals surface area (Å²) in [6.45, 7) is 10.9. The third kappa shape index (κ3) is 15.6. The molecule has 0 spiro atoms. The molecule has 0 aromatic carbocycles. The number of amides is 6. The van der Waals surface area contributed by atoms with Crippen LogP contribution in [0.5, 0.6) is 0 Å². The normalized spacial score (nSPS) is 16.2. The summed E-state index contributed by atoms with van der Waals surface area (Å²) in [6, 6.07) is -8.70. The fraction of sp³-hybridized carbons (Fsp3) is 0.750. The van der Waals surface area contributed by atoms with E-state index < -0.39 is 115 Å². The molecular formula is C32H57N7O12. The SMILES string of the molecule is CC[C@H](C)[C@H](N)C(=O)N[C@@H](CO)C(=O)N[C@@H](CC(=O)O)C(=O)N[C@@H](CC(C)C)C(=O)N[C@@H](CO)C(=O)N[C@H](C(=O)NC(C)(C)C(=O)O)[C@@H](C)CC.